The van der Waals surface area contributed by atoms with Gasteiger partial charge in [0.15, 0.2) is 0 Å². The summed E-state index contributed by atoms with van der Waals surface area (Å²) in [7, 11) is 0. The number of anilines is 1. The summed E-state index contributed by atoms with van der Waals surface area (Å²) in [6.07, 6.45) is 0.410. The molecule has 4 heteroatoms. The van der Waals surface area contributed by atoms with Crippen molar-refractivity contribution in [1.29, 1.82) is 5.26 Å². The van der Waals surface area contributed by atoms with Crippen molar-refractivity contribution in [3.8, 4) is 6.07 Å². The van der Waals surface area contributed by atoms with Gasteiger partial charge >= 0.3 is 0 Å². The van der Waals surface area contributed by atoms with Gasteiger partial charge in [-0.25, -0.2) is 4.39 Å². The number of nitrogens with zero attached hydrogens (tertiary/aromatic N) is 2. The average molecular weight is 249 g/mol. The molecule has 0 aliphatic heterocycles. The van der Waals surface area contributed by atoms with Crippen LogP contribution in [0.2, 0.25) is 0 Å². The fourth-order valence-electron chi connectivity index (χ4n) is 2.05. The van der Waals surface area contributed by atoms with E-state index in [0.717, 1.165) is 5.69 Å². The van der Waals surface area contributed by atoms with Crippen LogP contribution in [0.3, 0.4) is 0 Å². The Balaban J connectivity index is 3.19. The van der Waals surface area contributed by atoms with Crippen LogP contribution in [0, 0.1) is 17.1 Å². The van der Waals surface area contributed by atoms with Crippen LogP contribution in [0.25, 0.3) is 0 Å². The summed E-state index contributed by atoms with van der Waals surface area (Å²) in [5.41, 5.74) is 7.16. The summed E-state index contributed by atoms with van der Waals surface area (Å²) >= 11 is 0. The normalized spacial score (nSPS) is 12.3. The molecule has 18 heavy (non-hydrogen) atoms. The van der Waals surface area contributed by atoms with E-state index in [4.69, 9.17) is 11.0 Å². The first-order valence-corrected chi connectivity index (χ1v) is 6.16. The molecule has 0 aliphatic carbocycles. The van der Waals surface area contributed by atoms with Gasteiger partial charge in [0.1, 0.15) is 5.82 Å². The molecule has 0 aromatic heterocycles. The van der Waals surface area contributed by atoms with Crippen molar-refractivity contribution < 1.29 is 4.39 Å². The lowest BCUT2D eigenvalue weighted by Crippen LogP contribution is -2.33. The van der Waals surface area contributed by atoms with Gasteiger partial charge < -0.3 is 10.6 Å². The molecule has 2 N–H and O–H groups in total. The fraction of sp³-hybridized carbons (Fsp3) is 0.500. The lowest BCUT2D eigenvalue weighted by molar-refractivity contribution is 0.587. The number of rotatable bonds is 5. The molecule has 0 radical (unpaired) electrons. The summed E-state index contributed by atoms with van der Waals surface area (Å²) in [5.74, 6) is -0.287. The van der Waals surface area contributed by atoms with Gasteiger partial charge in [0.2, 0.25) is 0 Å². The second-order valence-corrected chi connectivity index (χ2v) is 4.66. The molecular weight excluding hydrogens is 229 g/mol. The predicted octanol–water partition coefficient (Wildman–Crippen LogP) is 2.97. The first-order chi connectivity index (χ1) is 8.49. The van der Waals surface area contributed by atoms with E-state index in [1.807, 2.05) is 24.8 Å². The fourth-order valence-corrected chi connectivity index (χ4v) is 2.05. The van der Waals surface area contributed by atoms with Crippen LogP contribution in [-0.2, 0) is 0 Å². The van der Waals surface area contributed by atoms with Gasteiger partial charge in [-0.05, 0) is 32.9 Å². The molecular formula is C14H20FN3. The minimum Gasteiger partial charge on any atom is -0.368 e. The van der Waals surface area contributed by atoms with Crippen molar-refractivity contribution in [3.05, 3.63) is 29.6 Å². The van der Waals surface area contributed by atoms with Crippen molar-refractivity contribution in [2.45, 2.75) is 39.3 Å². The van der Waals surface area contributed by atoms with E-state index in [9.17, 15) is 4.39 Å². The highest BCUT2D eigenvalue weighted by Crippen LogP contribution is 2.29. The van der Waals surface area contributed by atoms with E-state index in [0.29, 0.717) is 18.5 Å². The molecule has 0 aliphatic rings. The Bertz CT molecular complexity index is 435. The largest absolute Gasteiger partial charge is 0.368 e. The van der Waals surface area contributed by atoms with Crippen molar-refractivity contribution in [2.24, 2.45) is 5.73 Å². The minimum atomic E-state index is -0.371. The molecule has 0 amide bonds. The first kappa shape index (κ1) is 14.5. The lowest BCUT2D eigenvalue weighted by Gasteiger charge is -2.31. The van der Waals surface area contributed by atoms with E-state index in [1.165, 1.54) is 6.07 Å². The van der Waals surface area contributed by atoms with Crippen LogP contribution in [0.15, 0.2) is 18.2 Å². The number of hydrogen-bond donors (Lipinski definition) is 1. The van der Waals surface area contributed by atoms with Gasteiger partial charge in [-0.1, -0.05) is 6.07 Å². The smallest absolute Gasteiger partial charge is 0.130 e. The molecule has 0 bridgehead atoms. The number of nitrogens with two attached hydrogens (primary N) is 1. The molecule has 1 aromatic rings. The maximum atomic E-state index is 13.9. The van der Waals surface area contributed by atoms with Gasteiger partial charge in [-0.3, -0.25) is 0 Å². The zero-order chi connectivity index (χ0) is 13.7. The van der Waals surface area contributed by atoms with E-state index in [2.05, 4.69) is 6.07 Å². The first-order valence-electron chi connectivity index (χ1n) is 6.16. The van der Waals surface area contributed by atoms with Gasteiger partial charge in [-0.2, -0.15) is 5.26 Å². The van der Waals surface area contributed by atoms with E-state index >= 15 is 0 Å². The zero-order valence-electron chi connectivity index (χ0n) is 11.2. The Morgan fingerprint density at radius 1 is 1.39 bits per heavy atom. The second-order valence-electron chi connectivity index (χ2n) is 4.66. The molecule has 0 unspecified atom stereocenters. The van der Waals surface area contributed by atoms with Gasteiger partial charge in [0.05, 0.1) is 12.5 Å². The second kappa shape index (κ2) is 6.36. The quantitative estimate of drug-likeness (QED) is 0.872. The van der Waals surface area contributed by atoms with Crippen LogP contribution in [0.5, 0.6) is 0 Å². The Labute approximate surface area is 108 Å². The summed E-state index contributed by atoms with van der Waals surface area (Å²) in [5, 5.41) is 8.70. The van der Waals surface area contributed by atoms with Crippen molar-refractivity contribution in [2.75, 3.05) is 11.4 Å². The van der Waals surface area contributed by atoms with Crippen LogP contribution < -0.4 is 10.6 Å². The van der Waals surface area contributed by atoms with Crippen molar-refractivity contribution in [1.82, 2.24) is 0 Å². The topological polar surface area (TPSA) is 53.0 Å². The summed E-state index contributed by atoms with van der Waals surface area (Å²) < 4.78 is 13.9. The zero-order valence-corrected chi connectivity index (χ0v) is 11.2. The third-order valence-electron chi connectivity index (χ3n) is 2.88. The number of halogens is 1. The molecule has 0 heterocycles. The Kier molecular flexibility index (Phi) is 5.11. The Morgan fingerprint density at radius 2 is 2.06 bits per heavy atom. The summed E-state index contributed by atoms with van der Waals surface area (Å²) in [6, 6.07) is 6.90. The molecule has 1 aromatic carbocycles. The highest BCUT2D eigenvalue weighted by molar-refractivity contribution is 5.56. The maximum absolute atomic E-state index is 13.9. The van der Waals surface area contributed by atoms with E-state index in [-0.39, 0.29) is 17.9 Å². The third kappa shape index (κ3) is 3.21. The molecule has 0 fully saturated rings. The van der Waals surface area contributed by atoms with Crippen LogP contribution in [0.4, 0.5) is 10.1 Å². The molecule has 0 saturated carbocycles. The van der Waals surface area contributed by atoms with Crippen LogP contribution in [0.1, 0.15) is 38.8 Å². The van der Waals surface area contributed by atoms with Crippen molar-refractivity contribution in [3.63, 3.8) is 0 Å². The number of benzene rings is 1. The molecule has 3 nitrogen and oxygen atoms in total. The minimum absolute atomic E-state index is 0.192. The van der Waals surface area contributed by atoms with Gasteiger partial charge in [-0.15, -0.1) is 0 Å². The summed E-state index contributed by atoms with van der Waals surface area (Å²) in [4.78, 5) is 2.02. The van der Waals surface area contributed by atoms with Crippen LogP contribution in [-0.4, -0.2) is 12.6 Å². The van der Waals surface area contributed by atoms with E-state index in [1.54, 1.807) is 13.0 Å². The molecule has 1 atom stereocenters. The Hall–Kier alpha value is -1.60. The van der Waals surface area contributed by atoms with Crippen molar-refractivity contribution >= 4 is 5.69 Å². The molecule has 0 saturated heterocycles. The average Bonchev–Trinajstić information content (AvgIpc) is 2.28. The summed E-state index contributed by atoms with van der Waals surface area (Å²) in [6.45, 7) is 6.39. The number of nitriles is 1. The van der Waals surface area contributed by atoms with E-state index < -0.39 is 0 Å². The molecule has 98 valence electrons. The molecule has 0 spiro atoms. The Morgan fingerprint density at radius 3 is 2.56 bits per heavy atom. The number of hydrogen-bond acceptors (Lipinski definition) is 3. The maximum Gasteiger partial charge on any atom is 0.130 e. The van der Waals surface area contributed by atoms with Gasteiger partial charge in [0.25, 0.3) is 0 Å². The lowest BCUT2D eigenvalue weighted by atomic mass is 10.0. The highest BCUT2D eigenvalue weighted by Gasteiger charge is 2.19. The standard InChI is InChI=1S/C14H20FN3/c1-10(2)18(9-5-8-16)13-7-4-6-12(15)14(13)11(3)17/h4,6-7,10-11H,5,9,17H2,1-3H3/t11-/m0/s1. The van der Waals surface area contributed by atoms with Crippen LogP contribution >= 0.6 is 0 Å². The third-order valence-corrected chi connectivity index (χ3v) is 2.88. The SMILES string of the molecule is CC(C)N(CCC#N)c1cccc(F)c1[C@H](C)N. The highest BCUT2D eigenvalue weighted by atomic mass is 19.1. The predicted molar refractivity (Wildman–Crippen MR) is 71.7 cm³/mol. The monoisotopic (exact) mass is 249 g/mol. The van der Waals surface area contributed by atoms with Gasteiger partial charge in [0, 0.05) is 29.9 Å². The molecule has 1 rings (SSSR count).